The van der Waals surface area contributed by atoms with E-state index in [0.717, 1.165) is 75.2 Å². The molecular formula is C25H31F2N3O. The highest BCUT2D eigenvalue weighted by atomic mass is 19.1. The number of unbranched alkanes of at least 4 members (excludes halogenated alkanes) is 3. The number of amides is 1. The van der Waals surface area contributed by atoms with Gasteiger partial charge in [-0.2, -0.15) is 0 Å². The number of nitrogens with one attached hydrogen (secondary N) is 1. The van der Waals surface area contributed by atoms with Gasteiger partial charge in [0.25, 0.3) is 0 Å². The van der Waals surface area contributed by atoms with Crippen LogP contribution in [0.5, 0.6) is 0 Å². The number of carbonyl (C=O) groups excluding carboxylic acids is 1. The van der Waals surface area contributed by atoms with Gasteiger partial charge in [0.2, 0.25) is 5.91 Å². The lowest BCUT2D eigenvalue weighted by atomic mass is 9.88. The summed E-state index contributed by atoms with van der Waals surface area (Å²) in [5, 5.41) is 2.84. The summed E-state index contributed by atoms with van der Waals surface area (Å²) in [6.07, 6.45) is 5.42. The van der Waals surface area contributed by atoms with Crippen LogP contribution in [-0.2, 0) is 4.79 Å². The number of hydrogen-bond acceptors (Lipinski definition) is 3. The minimum atomic E-state index is -0.245. The molecule has 0 bridgehead atoms. The molecule has 2 atom stereocenters. The molecule has 2 aromatic rings. The van der Waals surface area contributed by atoms with Crippen molar-refractivity contribution >= 4 is 17.3 Å². The molecule has 1 saturated heterocycles. The third kappa shape index (κ3) is 5.06. The van der Waals surface area contributed by atoms with Gasteiger partial charge in [0.1, 0.15) is 11.6 Å². The van der Waals surface area contributed by atoms with Crippen LogP contribution in [0, 0.1) is 11.6 Å². The van der Waals surface area contributed by atoms with Crippen LogP contribution >= 0.6 is 0 Å². The molecule has 0 aromatic heterocycles. The number of piperidine rings is 1. The molecule has 1 amide bonds. The first-order valence-corrected chi connectivity index (χ1v) is 11.3. The Kier molecular flexibility index (Phi) is 6.86. The van der Waals surface area contributed by atoms with Crippen molar-refractivity contribution in [3.8, 4) is 0 Å². The van der Waals surface area contributed by atoms with Gasteiger partial charge in [0, 0.05) is 49.9 Å². The van der Waals surface area contributed by atoms with E-state index >= 15 is 0 Å². The Morgan fingerprint density at radius 1 is 1.03 bits per heavy atom. The fourth-order valence-electron chi connectivity index (χ4n) is 5.06. The van der Waals surface area contributed by atoms with Gasteiger partial charge in [-0.25, -0.2) is 8.78 Å². The Bertz CT molecular complexity index is 902. The van der Waals surface area contributed by atoms with Crippen molar-refractivity contribution in [2.24, 2.45) is 0 Å². The zero-order chi connectivity index (χ0) is 21.8. The van der Waals surface area contributed by atoms with E-state index in [0.29, 0.717) is 0 Å². The van der Waals surface area contributed by atoms with Crippen LogP contribution in [0.3, 0.4) is 0 Å². The minimum absolute atomic E-state index is 0.0332. The molecule has 4 rings (SSSR count). The van der Waals surface area contributed by atoms with Crippen LogP contribution < -0.4 is 10.2 Å². The molecule has 4 nitrogen and oxygen atoms in total. The summed E-state index contributed by atoms with van der Waals surface area (Å²) in [6, 6.07) is 12.0. The number of likely N-dealkylation sites (tertiary alicyclic amines) is 1. The van der Waals surface area contributed by atoms with Crippen LogP contribution in [0.4, 0.5) is 20.2 Å². The fourth-order valence-corrected chi connectivity index (χ4v) is 5.06. The summed E-state index contributed by atoms with van der Waals surface area (Å²) in [6.45, 7) is 5.29. The first-order chi connectivity index (χ1) is 15.0. The van der Waals surface area contributed by atoms with Crippen molar-refractivity contribution in [2.75, 3.05) is 31.1 Å². The summed E-state index contributed by atoms with van der Waals surface area (Å²) in [5.74, 6) is -0.157. The lowest BCUT2D eigenvalue weighted by Gasteiger charge is -2.39. The van der Waals surface area contributed by atoms with Crippen molar-refractivity contribution in [3.63, 3.8) is 0 Å². The van der Waals surface area contributed by atoms with Crippen molar-refractivity contribution in [1.82, 2.24) is 10.2 Å². The maximum absolute atomic E-state index is 14.1. The van der Waals surface area contributed by atoms with Gasteiger partial charge in [-0.3, -0.25) is 4.79 Å². The Labute approximate surface area is 183 Å². The number of halogens is 2. The van der Waals surface area contributed by atoms with Crippen molar-refractivity contribution < 1.29 is 13.6 Å². The lowest BCUT2D eigenvalue weighted by Crippen LogP contribution is -2.45. The van der Waals surface area contributed by atoms with Crippen molar-refractivity contribution in [3.05, 3.63) is 59.7 Å². The molecule has 0 radical (unpaired) electrons. The molecule has 2 heterocycles. The molecule has 31 heavy (non-hydrogen) atoms. The van der Waals surface area contributed by atoms with Gasteiger partial charge in [-0.05, 0) is 73.8 Å². The van der Waals surface area contributed by atoms with Crippen LogP contribution in [0.2, 0.25) is 0 Å². The first kappa shape index (κ1) is 21.8. The molecule has 1 N–H and O–H groups in total. The van der Waals surface area contributed by atoms with Crippen LogP contribution in [0.25, 0.3) is 0 Å². The standard InChI is InChI=1S/C25H31F2N3O/c1-18(31)28-13-4-2-3-5-14-29-15-12-25-23(17-29)22-16-20(27)8-11-24(22)30(25)21-9-6-19(26)7-10-21/h6-11,16,23,25H,2-5,12-15,17H2,1H3,(H,28,31)/t23?,25-/m1/s1. The molecule has 0 saturated carbocycles. The summed E-state index contributed by atoms with van der Waals surface area (Å²) in [7, 11) is 0. The number of hydrogen-bond donors (Lipinski definition) is 1. The van der Waals surface area contributed by atoms with E-state index in [1.54, 1.807) is 13.0 Å². The highest BCUT2D eigenvalue weighted by molar-refractivity contribution is 5.73. The minimum Gasteiger partial charge on any atom is -0.356 e. The van der Waals surface area contributed by atoms with E-state index in [1.807, 2.05) is 18.2 Å². The fraction of sp³-hybridized carbons (Fsp3) is 0.480. The van der Waals surface area contributed by atoms with Crippen LogP contribution in [0.1, 0.15) is 50.5 Å². The highest BCUT2D eigenvalue weighted by Gasteiger charge is 2.42. The summed E-state index contributed by atoms with van der Waals surface area (Å²) < 4.78 is 27.6. The molecule has 1 fully saturated rings. The second-order valence-electron chi connectivity index (χ2n) is 8.71. The third-order valence-corrected chi connectivity index (χ3v) is 6.52. The van der Waals surface area contributed by atoms with E-state index in [2.05, 4.69) is 15.1 Å². The maximum atomic E-state index is 14.1. The second-order valence-corrected chi connectivity index (χ2v) is 8.71. The predicted molar refractivity (Wildman–Crippen MR) is 120 cm³/mol. The Morgan fingerprint density at radius 2 is 1.77 bits per heavy atom. The van der Waals surface area contributed by atoms with E-state index in [1.165, 1.54) is 18.2 Å². The summed E-state index contributed by atoms with van der Waals surface area (Å²) >= 11 is 0. The van der Waals surface area contributed by atoms with Gasteiger partial charge in [-0.15, -0.1) is 0 Å². The number of nitrogens with zero attached hydrogens (tertiary/aromatic N) is 2. The molecule has 2 aromatic carbocycles. The first-order valence-electron chi connectivity index (χ1n) is 11.3. The Morgan fingerprint density at radius 3 is 2.55 bits per heavy atom. The Hall–Kier alpha value is -2.47. The quantitative estimate of drug-likeness (QED) is 0.604. The van der Waals surface area contributed by atoms with Gasteiger partial charge in [0.05, 0.1) is 0 Å². The highest BCUT2D eigenvalue weighted by Crippen LogP contribution is 2.48. The average Bonchev–Trinajstić information content (AvgIpc) is 3.06. The number of benzene rings is 2. The monoisotopic (exact) mass is 427 g/mol. The van der Waals surface area contributed by atoms with Gasteiger partial charge < -0.3 is 15.1 Å². The number of rotatable bonds is 8. The molecule has 2 aliphatic heterocycles. The van der Waals surface area contributed by atoms with E-state index in [9.17, 15) is 13.6 Å². The molecule has 2 aliphatic rings. The SMILES string of the molecule is CC(=O)NCCCCCCN1CC[C@@H]2C(C1)c1cc(F)ccc1N2c1ccc(F)cc1. The lowest BCUT2D eigenvalue weighted by molar-refractivity contribution is -0.118. The smallest absolute Gasteiger partial charge is 0.216 e. The summed E-state index contributed by atoms with van der Waals surface area (Å²) in [4.78, 5) is 15.7. The molecule has 166 valence electrons. The molecule has 6 heteroatoms. The van der Waals surface area contributed by atoms with E-state index < -0.39 is 0 Å². The van der Waals surface area contributed by atoms with E-state index in [-0.39, 0.29) is 29.5 Å². The zero-order valence-electron chi connectivity index (χ0n) is 18.1. The number of fused-ring (bicyclic) bond motifs is 3. The maximum Gasteiger partial charge on any atom is 0.216 e. The Balaban J connectivity index is 1.38. The van der Waals surface area contributed by atoms with Crippen LogP contribution in [-0.4, -0.2) is 43.0 Å². The van der Waals surface area contributed by atoms with Crippen molar-refractivity contribution in [2.45, 2.75) is 51.0 Å². The number of carbonyl (C=O) groups is 1. The number of anilines is 2. The normalized spacial score (nSPS) is 20.4. The van der Waals surface area contributed by atoms with Crippen LogP contribution in [0.15, 0.2) is 42.5 Å². The largest absolute Gasteiger partial charge is 0.356 e. The van der Waals surface area contributed by atoms with Gasteiger partial charge >= 0.3 is 0 Å². The van der Waals surface area contributed by atoms with Gasteiger partial charge in [0.15, 0.2) is 0 Å². The van der Waals surface area contributed by atoms with E-state index in [4.69, 9.17) is 0 Å². The second kappa shape index (κ2) is 9.77. The van der Waals surface area contributed by atoms with Gasteiger partial charge in [-0.1, -0.05) is 12.8 Å². The molecule has 1 unspecified atom stereocenters. The average molecular weight is 428 g/mol. The van der Waals surface area contributed by atoms with Crippen molar-refractivity contribution in [1.29, 1.82) is 0 Å². The topological polar surface area (TPSA) is 35.6 Å². The predicted octanol–water partition coefficient (Wildman–Crippen LogP) is 4.97. The molecular weight excluding hydrogens is 396 g/mol. The zero-order valence-corrected chi connectivity index (χ0v) is 18.1. The third-order valence-electron chi connectivity index (χ3n) is 6.52. The molecule has 0 aliphatic carbocycles. The summed E-state index contributed by atoms with van der Waals surface area (Å²) in [5.41, 5.74) is 3.08. The molecule has 0 spiro atoms.